The van der Waals surface area contributed by atoms with Crippen LogP contribution in [0.3, 0.4) is 0 Å². The number of aromatic nitrogens is 2. The minimum Gasteiger partial charge on any atom is -0.444 e. The molecular weight excluding hydrogens is 480 g/mol. The third-order valence-electron chi connectivity index (χ3n) is 9.05. The molecule has 2 aliphatic heterocycles. The topological polar surface area (TPSA) is 69.1 Å². The summed E-state index contributed by atoms with van der Waals surface area (Å²) in [7, 11) is 0. The maximum absolute atomic E-state index is 12.4. The zero-order valence-corrected chi connectivity index (χ0v) is 25.5. The second-order valence-electron chi connectivity index (χ2n) is 12.8. The Morgan fingerprint density at radius 2 is 1.63 bits per heavy atom. The molecule has 1 aromatic heterocycles. The fourth-order valence-corrected chi connectivity index (χ4v) is 7.17. The summed E-state index contributed by atoms with van der Waals surface area (Å²) in [4.78, 5) is 16.8. The van der Waals surface area contributed by atoms with E-state index in [-0.39, 0.29) is 17.0 Å². The average Bonchev–Trinajstić information content (AvgIpc) is 3.06. The summed E-state index contributed by atoms with van der Waals surface area (Å²) in [5, 5.41) is 5.25. The first-order chi connectivity index (χ1) is 17.9. The van der Waals surface area contributed by atoms with Crippen LogP contribution in [0.2, 0.25) is 0 Å². The molecule has 216 valence electrons. The zero-order chi connectivity index (χ0) is 27.9. The number of amides is 1. The van der Waals surface area contributed by atoms with Gasteiger partial charge in [0.15, 0.2) is 11.6 Å². The van der Waals surface area contributed by atoms with Crippen molar-refractivity contribution in [3.8, 4) is 0 Å². The molecule has 4 fully saturated rings. The van der Waals surface area contributed by atoms with Crippen LogP contribution in [0.15, 0.2) is 0 Å². The molecule has 2 saturated heterocycles. The van der Waals surface area contributed by atoms with Crippen molar-refractivity contribution >= 4 is 11.9 Å². The van der Waals surface area contributed by atoms with E-state index in [4.69, 9.17) is 19.3 Å². The number of likely N-dealkylation sites (tertiary alicyclic amines) is 1. The number of hydrogen-bond donors (Lipinski definition) is 0. The lowest BCUT2D eigenvalue weighted by Crippen LogP contribution is -2.65. The fourth-order valence-electron chi connectivity index (χ4n) is 7.17. The second-order valence-corrected chi connectivity index (χ2v) is 12.8. The van der Waals surface area contributed by atoms with Crippen molar-refractivity contribution in [3.05, 3.63) is 11.3 Å². The number of piperidine rings is 1. The predicted molar refractivity (Wildman–Crippen MR) is 151 cm³/mol. The summed E-state index contributed by atoms with van der Waals surface area (Å²) in [5.74, 6) is 0.690. The van der Waals surface area contributed by atoms with Gasteiger partial charge in [-0.1, -0.05) is 13.8 Å². The molecule has 0 atom stereocenters. The Morgan fingerprint density at radius 1 is 1.03 bits per heavy atom. The number of rotatable bonds is 6. The first-order valence-electron chi connectivity index (χ1n) is 15.0. The molecule has 4 aliphatic rings. The smallest absolute Gasteiger partial charge is 0.410 e. The van der Waals surface area contributed by atoms with E-state index in [9.17, 15) is 4.79 Å². The molecule has 8 nitrogen and oxygen atoms in total. The van der Waals surface area contributed by atoms with Gasteiger partial charge in [-0.15, -0.1) is 0 Å². The Balaban J connectivity index is 0.00000164. The monoisotopic (exact) mass is 532 g/mol. The Morgan fingerprint density at radius 3 is 2.13 bits per heavy atom. The molecule has 1 aromatic rings. The van der Waals surface area contributed by atoms with Crippen LogP contribution < -0.4 is 4.90 Å². The quantitative estimate of drug-likeness (QED) is 0.396. The van der Waals surface area contributed by atoms with E-state index in [0.717, 1.165) is 51.1 Å². The highest BCUT2D eigenvalue weighted by Gasteiger charge is 2.57. The molecule has 0 unspecified atom stereocenters. The lowest BCUT2D eigenvalue weighted by atomic mass is 9.61. The van der Waals surface area contributed by atoms with Gasteiger partial charge in [-0.25, -0.2) is 4.79 Å². The van der Waals surface area contributed by atoms with E-state index < -0.39 is 11.4 Å². The van der Waals surface area contributed by atoms with Gasteiger partial charge in [-0.2, -0.15) is 5.10 Å². The molecule has 5 rings (SSSR count). The van der Waals surface area contributed by atoms with Crippen LogP contribution in [0.4, 0.5) is 10.6 Å². The van der Waals surface area contributed by atoms with Gasteiger partial charge < -0.3 is 24.0 Å². The Hall–Kier alpha value is -1.80. The van der Waals surface area contributed by atoms with Gasteiger partial charge >= 0.3 is 6.09 Å². The number of carbonyl (C=O) groups excluding carboxylic acids is 1. The SMILES string of the molecule is CC.CCOC1(OCC)CCN(c2nn(C3CC4(C3)CN(C(=O)OC(C)(C)C)C4)c(C)c2C)C2(CCC2)C1. The first-order valence-corrected chi connectivity index (χ1v) is 15.0. The van der Waals surface area contributed by atoms with Gasteiger partial charge in [-0.3, -0.25) is 4.68 Å². The van der Waals surface area contributed by atoms with Crippen molar-refractivity contribution in [3.63, 3.8) is 0 Å². The van der Waals surface area contributed by atoms with Gasteiger partial charge in [0.1, 0.15) is 5.60 Å². The van der Waals surface area contributed by atoms with Gasteiger partial charge in [0.05, 0.1) is 6.04 Å². The molecule has 8 heteroatoms. The molecule has 2 saturated carbocycles. The molecule has 38 heavy (non-hydrogen) atoms. The summed E-state index contributed by atoms with van der Waals surface area (Å²) in [6.07, 6.45) is 7.36. The van der Waals surface area contributed by atoms with Crippen LogP contribution in [0.25, 0.3) is 0 Å². The highest BCUT2D eigenvalue weighted by Crippen LogP contribution is 2.56. The van der Waals surface area contributed by atoms with Crippen LogP contribution in [-0.2, 0) is 14.2 Å². The van der Waals surface area contributed by atoms with E-state index in [0.29, 0.717) is 19.3 Å². The van der Waals surface area contributed by atoms with Crippen LogP contribution in [-0.4, -0.2) is 70.5 Å². The summed E-state index contributed by atoms with van der Waals surface area (Å²) in [6, 6.07) is 0.409. The number of carbonyl (C=O) groups is 1. The van der Waals surface area contributed by atoms with Crippen molar-refractivity contribution in [1.82, 2.24) is 14.7 Å². The van der Waals surface area contributed by atoms with Crippen LogP contribution >= 0.6 is 0 Å². The molecule has 3 heterocycles. The van der Waals surface area contributed by atoms with Crippen molar-refractivity contribution in [2.75, 3.05) is 37.7 Å². The minimum atomic E-state index is -0.462. The minimum absolute atomic E-state index is 0.0850. The summed E-state index contributed by atoms with van der Waals surface area (Å²) in [5.41, 5.74) is 2.45. The summed E-state index contributed by atoms with van der Waals surface area (Å²) < 4.78 is 20.3. The normalized spacial score (nSPS) is 23.3. The molecule has 0 N–H and O–H groups in total. The molecule has 2 aliphatic carbocycles. The van der Waals surface area contributed by atoms with Crippen LogP contribution in [0.5, 0.6) is 0 Å². The highest BCUT2D eigenvalue weighted by molar-refractivity contribution is 5.69. The van der Waals surface area contributed by atoms with Crippen molar-refractivity contribution in [2.24, 2.45) is 5.41 Å². The standard InChI is InChI=1S/C28H46N4O4.C2H6/c1-8-34-28(35-9-2)13-14-31(27(17-28)11-10-12-27)23-20(3)21(4)32(29-23)22-15-26(16-22)18-30(19-26)24(33)36-25(5,6)7;1-2/h22H,8-19H2,1-7H3;1-2H3. The molecule has 0 radical (unpaired) electrons. The zero-order valence-electron chi connectivity index (χ0n) is 25.5. The predicted octanol–water partition coefficient (Wildman–Crippen LogP) is 6.39. The fraction of sp³-hybridized carbons (Fsp3) is 0.867. The van der Waals surface area contributed by atoms with Gasteiger partial charge in [-0.05, 0) is 80.6 Å². The van der Waals surface area contributed by atoms with E-state index in [2.05, 4.69) is 37.3 Å². The number of anilines is 1. The van der Waals surface area contributed by atoms with Crippen molar-refractivity contribution < 1.29 is 19.0 Å². The number of ether oxygens (including phenoxy) is 3. The third-order valence-corrected chi connectivity index (χ3v) is 9.05. The maximum Gasteiger partial charge on any atom is 0.410 e. The second kappa shape index (κ2) is 10.6. The summed E-state index contributed by atoms with van der Waals surface area (Å²) in [6.45, 7) is 22.2. The average molecular weight is 533 g/mol. The van der Waals surface area contributed by atoms with Crippen LogP contribution in [0, 0.1) is 19.3 Å². The van der Waals surface area contributed by atoms with E-state index >= 15 is 0 Å². The third kappa shape index (κ3) is 5.19. The van der Waals surface area contributed by atoms with Crippen molar-refractivity contribution in [1.29, 1.82) is 0 Å². The first kappa shape index (κ1) is 29.2. The summed E-state index contributed by atoms with van der Waals surface area (Å²) >= 11 is 0. The van der Waals surface area contributed by atoms with Gasteiger partial charge in [0, 0.05) is 67.9 Å². The van der Waals surface area contributed by atoms with Gasteiger partial charge in [0.2, 0.25) is 0 Å². The van der Waals surface area contributed by atoms with Crippen LogP contribution in [0.1, 0.15) is 111 Å². The lowest BCUT2D eigenvalue weighted by molar-refractivity contribution is -0.258. The number of hydrogen-bond acceptors (Lipinski definition) is 6. The molecule has 2 spiro atoms. The Labute approximate surface area is 230 Å². The Kier molecular flexibility index (Phi) is 8.17. The van der Waals surface area contributed by atoms with E-state index in [1.54, 1.807) is 0 Å². The maximum atomic E-state index is 12.4. The lowest BCUT2D eigenvalue weighted by Gasteiger charge is -2.59. The highest BCUT2D eigenvalue weighted by atomic mass is 16.7. The Bertz CT molecular complexity index is 973. The number of nitrogens with zero attached hydrogens (tertiary/aromatic N) is 4. The molecule has 0 bridgehead atoms. The van der Waals surface area contributed by atoms with Gasteiger partial charge in [0.25, 0.3) is 0 Å². The molecular formula is C30H52N4O4. The van der Waals surface area contributed by atoms with E-state index in [1.165, 1.54) is 30.5 Å². The van der Waals surface area contributed by atoms with E-state index in [1.807, 2.05) is 39.5 Å². The molecule has 1 amide bonds. The largest absolute Gasteiger partial charge is 0.444 e. The molecule has 0 aromatic carbocycles. The van der Waals surface area contributed by atoms with Crippen molar-refractivity contribution in [2.45, 2.75) is 130 Å².